The number of halogens is 1. The molecule has 1 heterocycles. The largest absolute Gasteiger partial charge is 0.496 e. The molecule has 0 saturated carbocycles. The van der Waals surface area contributed by atoms with Crippen molar-refractivity contribution in [3.05, 3.63) is 22.7 Å². The average molecular weight is 256 g/mol. The molecule has 1 aliphatic heterocycles. The van der Waals surface area contributed by atoms with E-state index in [2.05, 4.69) is 5.32 Å². The molecule has 3 nitrogen and oxygen atoms in total. The third-order valence-electron chi connectivity index (χ3n) is 3.18. The van der Waals surface area contributed by atoms with Crippen molar-refractivity contribution in [2.45, 2.75) is 25.3 Å². The molecule has 1 saturated heterocycles. The molecule has 1 atom stereocenters. The molecule has 1 aliphatic rings. The number of rotatable bonds is 4. The summed E-state index contributed by atoms with van der Waals surface area (Å²) in [5.74, 6) is 1.51. The van der Waals surface area contributed by atoms with E-state index in [0.717, 1.165) is 24.3 Å². The normalized spacial score (nSPS) is 19.4. The van der Waals surface area contributed by atoms with Crippen LogP contribution in [0.1, 0.15) is 18.4 Å². The number of nitrogens with one attached hydrogen (secondary N) is 1. The van der Waals surface area contributed by atoms with Gasteiger partial charge in [0.2, 0.25) is 0 Å². The van der Waals surface area contributed by atoms with Crippen molar-refractivity contribution in [3.8, 4) is 11.5 Å². The van der Waals surface area contributed by atoms with Gasteiger partial charge in [-0.2, -0.15) is 0 Å². The predicted octanol–water partition coefficient (Wildman–Crippen LogP) is 2.65. The van der Waals surface area contributed by atoms with Crippen molar-refractivity contribution in [1.82, 2.24) is 5.32 Å². The maximum absolute atomic E-state index is 6.14. The summed E-state index contributed by atoms with van der Waals surface area (Å²) < 4.78 is 10.6. The third kappa shape index (κ3) is 2.85. The Balaban J connectivity index is 2.22. The highest BCUT2D eigenvalue weighted by Crippen LogP contribution is 2.33. The zero-order chi connectivity index (χ0) is 12.3. The van der Waals surface area contributed by atoms with Gasteiger partial charge in [0.05, 0.1) is 19.2 Å². The number of hydrogen-bond donors (Lipinski definition) is 1. The first kappa shape index (κ1) is 12.5. The molecule has 1 aromatic rings. The third-order valence-corrected chi connectivity index (χ3v) is 3.48. The summed E-state index contributed by atoms with van der Waals surface area (Å²) in [7, 11) is 3.28. The minimum atomic E-state index is 0.536. The highest BCUT2D eigenvalue weighted by molar-refractivity contribution is 6.32. The van der Waals surface area contributed by atoms with Gasteiger partial charge in [0.15, 0.2) is 0 Å². The minimum Gasteiger partial charge on any atom is -0.496 e. The van der Waals surface area contributed by atoms with Gasteiger partial charge in [0.25, 0.3) is 0 Å². The molecule has 0 spiro atoms. The highest BCUT2D eigenvalue weighted by atomic mass is 35.5. The second-order valence-corrected chi connectivity index (χ2v) is 4.70. The molecule has 1 fully saturated rings. The van der Waals surface area contributed by atoms with Crippen molar-refractivity contribution in [2.75, 3.05) is 20.8 Å². The standard InChI is InChI=1S/C13H18ClNO2/c1-16-12-8-13(17-2)11(14)7-9(12)6-10-4-3-5-15-10/h7-8,10,15H,3-6H2,1-2H3. The van der Waals surface area contributed by atoms with Crippen LogP contribution >= 0.6 is 11.6 Å². The second kappa shape index (κ2) is 5.61. The number of benzene rings is 1. The highest BCUT2D eigenvalue weighted by Gasteiger charge is 2.18. The summed E-state index contributed by atoms with van der Waals surface area (Å²) in [4.78, 5) is 0. The molecular weight excluding hydrogens is 238 g/mol. The van der Waals surface area contributed by atoms with Gasteiger partial charge in [0, 0.05) is 12.1 Å². The van der Waals surface area contributed by atoms with Crippen LogP contribution in [0.15, 0.2) is 12.1 Å². The summed E-state index contributed by atoms with van der Waals surface area (Å²) in [6, 6.07) is 4.33. The van der Waals surface area contributed by atoms with E-state index in [4.69, 9.17) is 21.1 Å². The molecule has 1 N–H and O–H groups in total. The van der Waals surface area contributed by atoms with Crippen LogP contribution in [0.2, 0.25) is 5.02 Å². The van der Waals surface area contributed by atoms with Gasteiger partial charge in [0.1, 0.15) is 11.5 Å². The fourth-order valence-electron chi connectivity index (χ4n) is 2.28. The van der Waals surface area contributed by atoms with E-state index >= 15 is 0 Å². The van der Waals surface area contributed by atoms with Crippen LogP contribution in [0, 0.1) is 0 Å². The van der Waals surface area contributed by atoms with Crippen molar-refractivity contribution in [3.63, 3.8) is 0 Å². The van der Waals surface area contributed by atoms with Crippen LogP contribution < -0.4 is 14.8 Å². The molecule has 17 heavy (non-hydrogen) atoms. The Morgan fingerprint density at radius 2 is 2.06 bits per heavy atom. The van der Waals surface area contributed by atoms with E-state index in [1.807, 2.05) is 12.1 Å². The lowest BCUT2D eigenvalue weighted by Crippen LogP contribution is -2.23. The fraction of sp³-hybridized carbons (Fsp3) is 0.538. The van der Waals surface area contributed by atoms with Crippen LogP contribution in [0.25, 0.3) is 0 Å². The van der Waals surface area contributed by atoms with E-state index in [-0.39, 0.29) is 0 Å². The zero-order valence-corrected chi connectivity index (χ0v) is 11.0. The fourth-order valence-corrected chi connectivity index (χ4v) is 2.54. The number of ether oxygens (including phenoxy) is 2. The lowest BCUT2D eigenvalue weighted by atomic mass is 10.0. The molecule has 4 heteroatoms. The molecule has 1 aromatic carbocycles. The Bertz CT molecular complexity index is 389. The van der Waals surface area contributed by atoms with Gasteiger partial charge < -0.3 is 14.8 Å². The van der Waals surface area contributed by atoms with Crippen molar-refractivity contribution < 1.29 is 9.47 Å². The van der Waals surface area contributed by atoms with E-state index in [0.29, 0.717) is 16.8 Å². The maximum atomic E-state index is 6.14. The summed E-state index contributed by atoms with van der Waals surface area (Å²) in [5.41, 5.74) is 1.14. The Morgan fingerprint density at radius 3 is 2.65 bits per heavy atom. The number of methoxy groups -OCH3 is 2. The summed E-state index contributed by atoms with van der Waals surface area (Å²) in [5, 5.41) is 4.11. The second-order valence-electron chi connectivity index (χ2n) is 4.30. The maximum Gasteiger partial charge on any atom is 0.141 e. The van der Waals surface area contributed by atoms with Gasteiger partial charge in [-0.1, -0.05) is 11.6 Å². The zero-order valence-electron chi connectivity index (χ0n) is 10.3. The van der Waals surface area contributed by atoms with E-state index in [1.165, 1.54) is 12.8 Å². The molecular formula is C13H18ClNO2. The van der Waals surface area contributed by atoms with Crippen LogP contribution in [-0.4, -0.2) is 26.8 Å². The minimum absolute atomic E-state index is 0.536. The molecule has 0 aromatic heterocycles. The van der Waals surface area contributed by atoms with Crippen LogP contribution in [-0.2, 0) is 6.42 Å². The lowest BCUT2D eigenvalue weighted by Gasteiger charge is -2.15. The van der Waals surface area contributed by atoms with Crippen molar-refractivity contribution >= 4 is 11.6 Å². The van der Waals surface area contributed by atoms with Gasteiger partial charge in [-0.25, -0.2) is 0 Å². The molecule has 2 rings (SSSR count). The number of hydrogen-bond acceptors (Lipinski definition) is 3. The summed E-state index contributed by atoms with van der Waals surface area (Å²) in [6.45, 7) is 1.11. The van der Waals surface area contributed by atoms with E-state index < -0.39 is 0 Å². The SMILES string of the molecule is COc1cc(OC)c(CC2CCCN2)cc1Cl. The lowest BCUT2D eigenvalue weighted by molar-refractivity contribution is 0.389. The predicted molar refractivity (Wildman–Crippen MR) is 69.3 cm³/mol. The van der Waals surface area contributed by atoms with Gasteiger partial charge in [-0.05, 0) is 37.4 Å². The Labute approximate surface area is 107 Å². The van der Waals surface area contributed by atoms with Crippen molar-refractivity contribution in [1.29, 1.82) is 0 Å². The topological polar surface area (TPSA) is 30.5 Å². The molecule has 1 unspecified atom stereocenters. The Kier molecular flexibility index (Phi) is 4.13. The summed E-state index contributed by atoms with van der Waals surface area (Å²) >= 11 is 6.14. The molecule has 94 valence electrons. The van der Waals surface area contributed by atoms with E-state index in [1.54, 1.807) is 14.2 Å². The van der Waals surface area contributed by atoms with Gasteiger partial charge in [-0.15, -0.1) is 0 Å². The van der Waals surface area contributed by atoms with Crippen LogP contribution in [0.3, 0.4) is 0 Å². The molecule has 0 aliphatic carbocycles. The van der Waals surface area contributed by atoms with Gasteiger partial charge >= 0.3 is 0 Å². The van der Waals surface area contributed by atoms with Crippen LogP contribution in [0.4, 0.5) is 0 Å². The smallest absolute Gasteiger partial charge is 0.141 e. The van der Waals surface area contributed by atoms with Crippen molar-refractivity contribution in [2.24, 2.45) is 0 Å². The van der Waals surface area contributed by atoms with E-state index in [9.17, 15) is 0 Å². The Morgan fingerprint density at radius 1 is 1.29 bits per heavy atom. The monoisotopic (exact) mass is 255 g/mol. The Hall–Kier alpha value is -0.930. The first-order chi connectivity index (χ1) is 8.24. The molecule has 0 radical (unpaired) electrons. The first-order valence-electron chi connectivity index (χ1n) is 5.88. The molecule has 0 bridgehead atoms. The summed E-state index contributed by atoms with van der Waals surface area (Å²) in [6.07, 6.45) is 3.41. The van der Waals surface area contributed by atoms with Gasteiger partial charge in [-0.3, -0.25) is 0 Å². The average Bonchev–Trinajstić information content (AvgIpc) is 2.82. The van der Waals surface area contributed by atoms with Crippen LogP contribution in [0.5, 0.6) is 11.5 Å². The first-order valence-corrected chi connectivity index (χ1v) is 6.26. The molecule has 0 amide bonds. The quantitative estimate of drug-likeness (QED) is 0.897.